The lowest BCUT2D eigenvalue weighted by atomic mass is 10.1. The van der Waals surface area contributed by atoms with Gasteiger partial charge in [0.2, 0.25) is 0 Å². The first-order valence-electron chi connectivity index (χ1n) is 8.25. The molecule has 0 aliphatic carbocycles. The van der Waals surface area contributed by atoms with Crippen LogP contribution >= 0.6 is 0 Å². The highest BCUT2D eigenvalue weighted by Gasteiger charge is 2.27. The van der Waals surface area contributed by atoms with E-state index in [0.29, 0.717) is 31.0 Å². The molecule has 1 fully saturated rings. The quantitative estimate of drug-likeness (QED) is 0.626. The van der Waals surface area contributed by atoms with Crippen LogP contribution in [0, 0.1) is 18.7 Å². The summed E-state index contributed by atoms with van der Waals surface area (Å²) in [6.45, 7) is 6.78. The van der Waals surface area contributed by atoms with Gasteiger partial charge in [0.05, 0.1) is 18.1 Å². The number of aryl methyl sites for hydroxylation is 1. The topological polar surface area (TPSA) is 70.6 Å². The SMILES string of the molecule is Cc1cc(CN=C(NCC2CCS(=O)(=O)C2)NC(C)C)ccc1F. The molecule has 1 unspecified atom stereocenters. The molecule has 1 aromatic rings. The number of nitrogens with zero attached hydrogens (tertiary/aromatic N) is 1. The standard InChI is InChI=1S/C17H26FN3O2S/c1-12(2)21-17(20-10-15-6-7-24(22,23)11-15)19-9-14-4-5-16(18)13(3)8-14/h4-5,8,12,15H,6-7,9-11H2,1-3H3,(H2,19,20,21). The zero-order valence-corrected chi connectivity index (χ0v) is 15.3. The Bertz CT molecular complexity index is 702. The van der Waals surface area contributed by atoms with E-state index in [1.165, 1.54) is 6.07 Å². The first-order chi connectivity index (χ1) is 11.2. The second-order valence-corrected chi connectivity index (χ2v) is 8.93. The van der Waals surface area contributed by atoms with Crippen LogP contribution in [0.4, 0.5) is 4.39 Å². The van der Waals surface area contributed by atoms with Crippen molar-refractivity contribution in [3.8, 4) is 0 Å². The van der Waals surface area contributed by atoms with Crippen molar-refractivity contribution < 1.29 is 12.8 Å². The van der Waals surface area contributed by atoms with Crippen molar-refractivity contribution >= 4 is 15.8 Å². The van der Waals surface area contributed by atoms with E-state index >= 15 is 0 Å². The molecule has 2 rings (SSSR count). The Morgan fingerprint density at radius 1 is 1.42 bits per heavy atom. The van der Waals surface area contributed by atoms with Crippen LogP contribution in [0.25, 0.3) is 0 Å². The maximum atomic E-state index is 13.3. The minimum absolute atomic E-state index is 0.127. The number of benzene rings is 1. The Morgan fingerprint density at radius 2 is 2.17 bits per heavy atom. The zero-order valence-electron chi connectivity index (χ0n) is 14.5. The summed E-state index contributed by atoms with van der Waals surface area (Å²) in [5.74, 6) is 1.08. The Balaban J connectivity index is 1.97. The zero-order chi connectivity index (χ0) is 17.7. The average molecular weight is 355 g/mol. The van der Waals surface area contributed by atoms with Gasteiger partial charge in [0.1, 0.15) is 5.82 Å². The highest BCUT2D eigenvalue weighted by atomic mass is 32.2. The number of hydrogen-bond acceptors (Lipinski definition) is 3. The van der Waals surface area contributed by atoms with Crippen molar-refractivity contribution in [3.63, 3.8) is 0 Å². The summed E-state index contributed by atoms with van der Waals surface area (Å²) in [6.07, 6.45) is 0.696. The Hall–Kier alpha value is -1.63. The molecule has 1 atom stereocenters. The van der Waals surface area contributed by atoms with Crippen LogP contribution in [0.3, 0.4) is 0 Å². The molecule has 7 heteroatoms. The van der Waals surface area contributed by atoms with Gasteiger partial charge in [-0.25, -0.2) is 17.8 Å². The number of aliphatic imine (C=N–C) groups is 1. The predicted molar refractivity (Wildman–Crippen MR) is 95.3 cm³/mol. The lowest BCUT2D eigenvalue weighted by Crippen LogP contribution is -2.43. The van der Waals surface area contributed by atoms with Crippen LogP contribution in [-0.2, 0) is 16.4 Å². The van der Waals surface area contributed by atoms with Gasteiger partial charge in [-0.1, -0.05) is 12.1 Å². The van der Waals surface area contributed by atoms with Gasteiger partial charge >= 0.3 is 0 Å². The molecule has 24 heavy (non-hydrogen) atoms. The summed E-state index contributed by atoms with van der Waals surface area (Å²) in [7, 11) is -2.87. The maximum Gasteiger partial charge on any atom is 0.191 e. The Kier molecular flexibility index (Phi) is 6.21. The number of hydrogen-bond donors (Lipinski definition) is 2. The van der Waals surface area contributed by atoms with Crippen LogP contribution in [-0.4, -0.2) is 38.5 Å². The monoisotopic (exact) mass is 355 g/mol. The van der Waals surface area contributed by atoms with E-state index < -0.39 is 9.84 Å². The van der Waals surface area contributed by atoms with E-state index in [9.17, 15) is 12.8 Å². The molecule has 1 aliphatic rings. The van der Waals surface area contributed by atoms with Crippen LogP contribution in [0.15, 0.2) is 23.2 Å². The molecule has 1 aliphatic heterocycles. The number of rotatable bonds is 5. The van der Waals surface area contributed by atoms with E-state index in [4.69, 9.17) is 0 Å². The van der Waals surface area contributed by atoms with E-state index in [2.05, 4.69) is 15.6 Å². The van der Waals surface area contributed by atoms with Gasteiger partial charge in [-0.05, 0) is 50.3 Å². The molecule has 0 spiro atoms. The van der Waals surface area contributed by atoms with Crippen LogP contribution in [0.2, 0.25) is 0 Å². The maximum absolute atomic E-state index is 13.3. The van der Waals surface area contributed by atoms with E-state index in [0.717, 1.165) is 5.56 Å². The summed E-state index contributed by atoms with van der Waals surface area (Å²) >= 11 is 0. The van der Waals surface area contributed by atoms with Gasteiger partial charge < -0.3 is 10.6 Å². The lowest BCUT2D eigenvalue weighted by molar-refractivity contribution is 0.562. The molecule has 1 aromatic carbocycles. The second kappa shape index (κ2) is 7.96. The molecule has 0 aromatic heterocycles. The molecule has 0 bridgehead atoms. The van der Waals surface area contributed by atoms with E-state index in [-0.39, 0.29) is 29.3 Å². The minimum atomic E-state index is -2.87. The molecular weight excluding hydrogens is 329 g/mol. The summed E-state index contributed by atoms with van der Waals surface area (Å²) in [5, 5.41) is 6.46. The molecule has 134 valence electrons. The molecule has 1 heterocycles. The van der Waals surface area contributed by atoms with Crippen molar-refractivity contribution in [3.05, 3.63) is 35.1 Å². The smallest absolute Gasteiger partial charge is 0.191 e. The highest BCUT2D eigenvalue weighted by molar-refractivity contribution is 7.91. The van der Waals surface area contributed by atoms with Crippen molar-refractivity contribution in [2.24, 2.45) is 10.9 Å². The fraction of sp³-hybridized carbons (Fsp3) is 0.588. The molecule has 0 amide bonds. The first kappa shape index (κ1) is 18.7. The van der Waals surface area contributed by atoms with Gasteiger partial charge in [0.25, 0.3) is 0 Å². The summed E-state index contributed by atoms with van der Waals surface area (Å²) in [6, 6.07) is 5.17. The normalized spacial score (nSPS) is 20.4. The molecule has 2 N–H and O–H groups in total. The van der Waals surface area contributed by atoms with Crippen molar-refractivity contribution in [2.45, 2.75) is 39.8 Å². The third-order valence-corrected chi connectivity index (χ3v) is 5.79. The average Bonchev–Trinajstić information content (AvgIpc) is 2.84. The lowest BCUT2D eigenvalue weighted by Gasteiger charge is -2.17. The summed E-state index contributed by atoms with van der Waals surface area (Å²) in [5.41, 5.74) is 1.53. The predicted octanol–water partition coefficient (Wildman–Crippen LogP) is 2.01. The first-order valence-corrected chi connectivity index (χ1v) is 10.1. The largest absolute Gasteiger partial charge is 0.356 e. The highest BCUT2D eigenvalue weighted by Crippen LogP contribution is 2.17. The van der Waals surface area contributed by atoms with Gasteiger partial charge in [-0.3, -0.25) is 0 Å². The third kappa shape index (κ3) is 5.78. The van der Waals surface area contributed by atoms with Crippen molar-refractivity contribution in [2.75, 3.05) is 18.1 Å². The third-order valence-electron chi connectivity index (χ3n) is 3.95. The molecular formula is C17H26FN3O2S. The Labute approximate surface area is 143 Å². The minimum Gasteiger partial charge on any atom is -0.356 e. The van der Waals surface area contributed by atoms with Crippen molar-refractivity contribution in [1.82, 2.24) is 10.6 Å². The molecule has 1 saturated heterocycles. The van der Waals surface area contributed by atoms with Gasteiger partial charge in [0, 0.05) is 12.6 Å². The number of sulfone groups is 1. The molecule has 0 radical (unpaired) electrons. The van der Waals surface area contributed by atoms with Gasteiger partial charge in [-0.15, -0.1) is 0 Å². The summed E-state index contributed by atoms with van der Waals surface area (Å²) in [4.78, 5) is 4.52. The number of halogens is 1. The Morgan fingerprint density at radius 3 is 2.75 bits per heavy atom. The van der Waals surface area contributed by atoms with E-state index in [1.54, 1.807) is 19.1 Å². The molecule has 5 nitrogen and oxygen atoms in total. The number of guanidine groups is 1. The summed E-state index contributed by atoms with van der Waals surface area (Å²) < 4.78 is 36.4. The van der Waals surface area contributed by atoms with E-state index in [1.807, 2.05) is 13.8 Å². The number of nitrogens with one attached hydrogen (secondary N) is 2. The molecule has 0 saturated carbocycles. The van der Waals surface area contributed by atoms with Gasteiger partial charge in [0.15, 0.2) is 15.8 Å². The van der Waals surface area contributed by atoms with Crippen LogP contribution in [0.1, 0.15) is 31.4 Å². The second-order valence-electron chi connectivity index (χ2n) is 6.70. The van der Waals surface area contributed by atoms with Crippen LogP contribution in [0.5, 0.6) is 0 Å². The fourth-order valence-corrected chi connectivity index (χ4v) is 4.54. The van der Waals surface area contributed by atoms with Crippen molar-refractivity contribution in [1.29, 1.82) is 0 Å². The van der Waals surface area contributed by atoms with Gasteiger partial charge in [-0.2, -0.15) is 0 Å². The fourth-order valence-electron chi connectivity index (χ4n) is 2.68. The van der Waals surface area contributed by atoms with Crippen LogP contribution < -0.4 is 10.6 Å².